The van der Waals surface area contributed by atoms with Gasteiger partial charge in [0.05, 0.1) is 6.20 Å². The van der Waals surface area contributed by atoms with Gasteiger partial charge in [-0.05, 0) is 0 Å². The van der Waals surface area contributed by atoms with E-state index in [0.717, 1.165) is 6.07 Å². The van der Waals surface area contributed by atoms with Crippen molar-refractivity contribution in [2.45, 2.75) is 11.3 Å². The van der Waals surface area contributed by atoms with Crippen molar-refractivity contribution in [1.82, 2.24) is 4.98 Å². The van der Waals surface area contributed by atoms with Gasteiger partial charge in [0.1, 0.15) is 22.2 Å². The van der Waals surface area contributed by atoms with Gasteiger partial charge in [0.15, 0.2) is 5.82 Å². The lowest BCUT2D eigenvalue weighted by Crippen LogP contribution is -2.18. The van der Waals surface area contributed by atoms with E-state index >= 15 is 0 Å². The highest BCUT2D eigenvalue weighted by molar-refractivity contribution is 7.89. The molecular weight excluding hydrogens is 247 g/mol. The summed E-state index contributed by atoms with van der Waals surface area (Å²) < 4.78 is 59.7. The minimum Gasteiger partial charge on any atom is -0.251 e. The molecule has 0 unspecified atom stereocenters. The van der Waals surface area contributed by atoms with Crippen molar-refractivity contribution in [1.29, 1.82) is 5.26 Å². The van der Waals surface area contributed by atoms with Crippen LogP contribution in [0, 0.1) is 17.1 Å². The van der Waals surface area contributed by atoms with Crippen molar-refractivity contribution >= 4 is 10.0 Å². The predicted molar refractivity (Wildman–Crippen MR) is 45.2 cm³/mol. The second-order valence-electron chi connectivity index (χ2n) is 2.65. The first kappa shape index (κ1) is 12.4. The number of rotatable bonds is 2. The largest absolute Gasteiger partial charge is 0.281 e. The molecule has 0 aliphatic rings. The van der Waals surface area contributed by atoms with Crippen LogP contribution >= 0.6 is 0 Å². The Hall–Kier alpha value is -1.66. The molecule has 0 amide bonds. The third kappa shape index (κ3) is 2.12. The summed E-state index contributed by atoms with van der Waals surface area (Å²) in [7, 11) is -4.65. The van der Waals surface area contributed by atoms with Gasteiger partial charge in [0.2, 0.25) is 10.0 Å². The number of hydrogen-bond donors (Lipinski definition) is 1. The smallest absolute Gasteiger partial charge is 0.251 e. The average Bonchev–Trinajstić information content (AvgIpc) is 2.15. The summed E-state index contributed by atoms with van der Waals surface area (Å²) in [5, 5.41) is 13.1. The Kier molecular flexibility index (Phi) is 3.16. The number of sulfonamides is 1. The molecule has 2 N–H and O–H groups in total. The minimum absolute atomic E-state index is 0.342. The molecule has 5 nitrogen and oxygen atoms in total. The summed E-state index contributed by atoms with van der Waals surface area (Å²) >= 11 is 0. The first-order valence-electron chi connectivity index (χ1n) is 3.68. The van der Waals surface area contributed by atoms with Gasteiger partial charge in [-0.3, -0.25) is 4.98 Å². The fraction of sp³-hybridized carbons (Fsp3) is 0.143. The number of primary sulfonamides is 1. The Bertz CT molecular complexity index is 565. The summed E-state index contributed by atoms with van der Waals surface area (Å²) in [6.07, 6.45) is -2.93. The van der Waals surface area contributed by atoms with E-state index in [9.17, 15) is 21.6 Å². The van der Waals surface area contributed by atoms with Gasteiger partial charge in [-0.2, -0.15) is 5.26 Å². The van der Waals surface area contributed by atoms with Gasteiger partial charge >= 0.3 is 0 Å². The zero-order valence-corrected chi connectivity index (χ0v) is 8.30. The number of alkyl halides is 2. The van der Waals surface area contributed by atoms with E-state index in [1.54, 1.807) is 0 Å². The molecule has 0 saturated heterocycles. The molecule has 0 radical (unpaired) electrons. The molecule has 0 aromatic carbocycles. The van der Waals surface area contributed by atoms with Crippen molar-refractivity contribution in [2.75, 3.05) is 0 Å². The van der Waals surface area contributed by atoms with Crippen LogP contribution in [0.25, 0.3) is 0 Å². The Morgan fingerprint density at radius 3 is 2.44 bits per heavy atom. The highest BCUT2D eigenvalue weighted by Gasteiger charge is 2.28. The molecule has 0 spiro atoms. The summed E-state index contributed by atoms with van der Waals surface area (Å²) in [6.45, 7) is 0. The third-order valence-electron chi connectivity index (χ3n) is 1.62. The van der Waals surface area contributed by atoms with E-state index in [1.165, 1.54) is 0 Å². The first-order chi connectivity index (χ1) is 7.29. The summed E-state index contributed by atoms with van der Waals surface area (Å²) in [5.74, 6) is -1.32. The quantitative estimate of drug-likeness (QED) is 0.835. The summed E-state index contributed by atoms with van der Waals surface area (Å²) in [4.78, 5) is 1.64. The maximum atomic E-state index is 13.0. The van der Waals surface area contributed by atoms with E-state index in [2.05, 4.69) is 10.1 Å². The molecule has 9 heteroatoms. The van der Waals surface area contributed by atoms with Gasteiger partial charge in [-0.15, -0.1) is 0 Å². The molecule has 86 valence electrons. The number of aromatic nitrogens is 1. The lowest BCUT2D eigenvalue weighted by atomic mass is 10.2. The monoisotopic (exact) mass is 251 g/mol. The average molecular weight is 251 g/mol. The zero-order valence-electron chi connectivity index (χ0n) is 7.49. The molecule has 16 heavy (non-hydrogen) atoms. The van der Waals surface area contributed by atoms with Gasteiger partial charge in [0.25, 0.3) is 6.43 Å². The van der Waals surface area contributed by atoms with E-state index in [-0.39, 0.29) is 0 Å². The number of pyridine rings is 1. The van der Waals surface area contributed by atoms with Crippen molar-refractivity contribution in [2.24, 2.45) is 5.14 Å². The van der Waals surface area contributed by atoms with E-state index in [1.807, 2.05) is 0 Å². The Morgan fingerprint density at radius 1 is 1.50 bits per heavy atom. The van der Waals surface area contributed by atoms with Gasteiger partial charge in [-0.25, -0.2) is 26.7 Å². The Balaban J connectivity index is 3.77. The van der Waals surface area contributed by atoms with Crippen LogP contribution in [-0.2, 0) is 10.0 Å². The summed E-state index contributed by atoms with van der Waals surface area (Å²) in [6, 6.07) is 1.16. The predicted octanol–water partition coefficient (Wildman–Crippen LogP) is 0.677. The molecule has 1 rings (SSSR count). The standard InChI is InChI=1S/C7H4F3N3O2S/c8-4-2-13-5(7(9)10)6(3(4)1-11)16(12,14)15/h2,7H,(H2,12,14,15). The van der Waals surface area contributed by atoms with E-state index in [0.29, 0.717) is 6.20 Å². The zero-order chi connectivity index (χ0) is 12.5. The fourth-order valence-corrected chi connectivity index (χ4v) is 1.89. The lowest BCUT2D eigenvalue weighted by molar-refractivity contribution is 0.142. The Labute approximate surface area is 88.4 Å². The van der Waals surface area contributed by atoms with Crippen molar-refractivity contribution in [3.63, 3.8) is 0 Å². The second-order valence-corrected chi connectivity index (χ2v) is 4.15. The number of nitriles is 1. The van der Waals surface area contributed by atoms with Crippen LogP contribution in [0.15, 0.2) is 11.1 Å². The van der Waals surface area contributed by atoms with Crippen LogP contribution in [-0.4, -0.2) is 13.4 Å². The van der Waals surface area contributed by atoms with E-state index < -0.39 is 38.4 Å². The molecule has 0 aliphatic carbocycles. The number of halogens is 3. The molecule has 0 atom stereocenters. The normalized spacial score (nSPS) is 11.5. The topological polar surface area (TPSA) is 96.8 Å². The van der Waals surface area contributed by atoms with Crippen LogP contribution in [0.5, 0.6) is 0 Å². The van der Waals surface area contributed by atoms with Crippen molar-refractivity contribution in [3.05, 3.63) is 23.3 Å². The van der Waals surface area contributed by atoms with Gasteiger partial charge in [-0.1, -0.05) is 0 Å². The van der Waals surface area contributed by atoms with Crippen LogP contribution < -0.4 is 5.14 Å². The van der Waals surface area contributed by atoms with Crippen molar-refractivity contribution in [3.8, 4) is 6.07 Å². The highest BCUT2D eigenvalue weighted by Crippen LogP contribution is 2.27. The third-order valence-corrected chi connectivity index (χ3v) is 2.60. The maximum Gasteiger partial charge on any atom is 0.281 e. The lowest BCUT2D eigenvalue weighted by Gasteiger charge is -2.07. The number of nitrogens with two attached hydrogens (primary N) is 1. The van der Waals surface area contributed by atoms with Crippen molar-refractivity contribution < 1.29 is 21.6 Å². The number of hydrogen-bond acceptors (Lipinski definition) is 4. The summed E-state index contributed by atoms with van der Waals surface area (Å²) in [5.41, 5.74) is -2.30. The molecule has 1 heterocycles. The molecule has 0 bridgehead atoms. The van der Waals surface area contributed by atoms with Crippen LogP contribution in [0.2, 0.25) is 0 Å². The van der Waals surface area contributed by atoms with Gasteiger partial charge in [0, 0.05) is 0 Å². The SMILES string of the molecule is N#Cc1c(F)cnc(C(F)F)c1S(N)(=O)=O. The molecule has 1 aromatic heterocycles. The fourth-order valence-electron chi connectivity index (χ4n) is 1.03. The molecule has 0 fully saturated rings. The molecular formula is C7H4F3N3O2S. The first-order valence-corrected chi connectivity index (χ1v) is 5.23. The second kappa shape index (κ2) is 4.07. The Morgan fingerprint density at radius 2 is 2.06 bits per heavy atom. The van der Waals surface area contributed by atoms with Gasteiger partial charge < -0.3 is 0 Å². The molecule has 0 aliphatic heterocycles. The van der Waals surface area contributed by atoms with Crippen LogP contribution in [0.1, 0.15) is 17.7 Å². The molecule has 1 aromatic rings. The highest BCUT2D eigenvalue weighted by atomic mass is 32.2. The number of nitrogens with zero attached hydrogens (tertiary/aromatic N) is 2. The minimum atomic E-state index is -4.65. The molecule has 0 saturated carbocycles. The van der Waals surface area contributed by atoms with Crippen LogP contribution in [0.4, 0.5) is 13.2 Å². The van der Waals surface area contributed by atoms with Crippen LogP contribution in [0.3, 0.4) is 0 Å². The maximum absolute atomic E-state index is 13.0. The van der Waals surface area contributed by atoms with E-state index in [4.69, 9.17) is 5.26 Å².